The van der Waals surface area contributed by atoms with Crippen LogP contribution in [0.1, 0.15) is 10.4 Å². The number of carbonyl (C=O) groups excluding carboxylic acids is 3. The predicted molar refractivity (Wildman–Crippen MR) is 67.1 cm³/mol. The summed E-state index contributed by atoms with van der Waals surface area (Å²) in [5, 5.41) is 13.2. The van der Waals surface area contributed by atoms with Crippen LogP contribution in [-0.2, 0) is 9.59 Å². The van der Waals surface area contributed by atoms with E-state index in [0.717, 1.165) is 12.1 Å². The van der Waals surface area contributed by atoms with Gasteiger partial charge in [-0.3, -0.25) is 14.5 Å². The maximum Gasteiger partial charge on any atom is 0.337 e. The van der Waals surface area contributed by atoms with E-state index < -0.39 is 47.4 Å². The van der Waals surface area contributed by atoms with E-state index in [2.05, 4.69) is 10.6 Å². The molecule has 1 aliphatic rings. The number of hydrogen-bond acceptors (Lipinski definition) is 4. The van der Waals surface area contributed by atoms with Crippen molar-refractivity contribution in [1.82, 2.24) is 10.2 Å². The number of amides is 4. The van der Waals surface area contributed by atoms with Gasteiger partial charge in [0.25, 0.3) is 5.91 Å². The van der Waals surface area contributed by atoms with Gasteiger partial charge in [-0.05, 0) is 12.1 Å². The van der Waals surface area contributed by atoms with Gasteiger partial charge in [0.1, 0.15) is 12.4 Å². The summed E-state index contributed by atoms with van der Waals surface area (Å²) in [6.07, 6.45) is 0. The van der Waals surface area contributed by atoms with E-state index >= 15 is 0 Å². The number of carboxylic acids is 1. The minimum atomic E-state index is -1.42. The number of rotatable bonds is 4. The van der Waals surface area contributed by atoms with Gasteiger partial charge in [0.2, 0.25) is 5.91 Å². The number of hydrogen-bond donors (Lipinski definition) is 3. The molecule has 0 aliphatic carbocycles. The zero-order chi connectivity index (χ0) is 15.6. The number of para-hydroxylation sites is 1. The number of carbonyl (C=O) groups is 4. The summed E-state index contributed by atoms with van der Waals surface area (Å²) in [7, 11) is 0. The highest BCUT2D eigenvalue weighted by atomic mass is 19.1. The summed E-state index contributed by atoms with van der Waals surface area (Å²) in [4.78, 5) is 45.9. The molecule has 21 heavy (non-hydrogen) atoms. The van der Waals surface area contributed by atoms with Crippen molar-refractivity contribution in [3.8, 4) is 0 Å². The lowest BCUT2D eigenvalue weighted by Gasteiger charge is -2.13. The number of benzene rings is 1. The highest BCUT2D eigenvalue weighted by Crippen LogP contribution is 2.20. The molecule has 1 saturated heterocycles. The van der Waals surface area contributed by atoms with Gasteiger partial charge in [-0.2, -0.15) is 0 Å². The van der Waals surface area contributed by atoms with E-state index in [4.69, 9.17) is 5.11 Å². The van der Waals surface area contributed by atoms with Gasteiger partial charge in [0.05, 0.1) is 17.8 Å². The minimum absolute atomic E-state index is 0.216. The molecule has 110 valence electrons. The lowest BCUT2D eigenvalue weighted by Crippen LogP contribution is -2.38. The van der Waals surface area contributed by atoms with Crippen LogP contribution in [0.15, 0.2) is 18.2 Å². The molecule has 9 heteroatoms. The Hall–Kier alpha value is -2.97. The number of imide groups is 1. The van der Waals surface area contributed by atoms with Crippen LogP contribution in [0.4, 0.5) is 14.9 Å². The van der Waals surface area contributed by atoms with Crippen LogP contribution in [0.25, 0.3) is 0 Å². The third-order valence-corrected chi connectivity index (χ3v) is 2.75. The van der Waals surface area contributed by atoms with Crippen LogP contribution >= 0.6 is 0 Å². The first kappa shape index (κ1) is 14.4. The lowest BCUT2D eigenvalue weighted by molar-refractivity contribution is -0.128. The van der Waals surface area contributed by atoms with E-state index in [1.807, 2.05) is 0 Å². The smallest absolute Gasteiger partial charge is 0.337 e. The topological polar surface area (TPSA) is 116 Å². The highest BCUT2D eigenvalue weighted by Gasteiger charge is 2.30. The molecule has 2 rings (SSSR count). The predicted octanol–water partition coefficient (Wildman–Crippen LogP) is 0.0142. The molecule has 1 aromatic carbocycles. The van der Waals surface area contributed by atoms with E-state index in [1.165, 1.54) is 6.07 Å². The van der Waals surface area contributed by atoms with Crippen molar-refractivity contribution in [2.24, 2.45) is 0 Å². The van der Waals surface area contributed by atoms with Crippen molar-refractivity contribution in [3.05, 3.63) is 29.6 Å². The zero-order valence-corrected chi connectivity index (χ0v) is 10.6. The van der Waals surface area contributed by atoms with Crippen LogP contribution in [0.3, 0.4) is 0 Å². The first-order valence-electron chi connectivity index (χ1n) is 5.80. The molecule has 0 aromatic heterocycles. The quantitative estimate of drug-likeness (QED) is 0.677. The van der Waals surface area contributed by atoms with Crippen molar-refractivity contribution < 1.29 is 28.7 Å². The average molecular weight is 295 g/mol. The van der Waals surface area contributed by atoms with Crippen molar-refractivity contribution >= 4 is 29.5 Å². The Bertz CT molecular complexity index is 630. The third kappa shape index (κ3) is 2.96. The highest BCUT2D eigenvalue weighted by molar-refractivity contribution is 6.07. The third-order valence-electron chi connectivity index (χ3n) is 2.75. The Morgan fingerprint density at radius 1 is 1.38 bits per heavy atom. The first-order chi connectivity index (χ1) is 9.90. The molecular formula is C12H10FN3O5. The second-order valence-corrected chi connectivity index (χ2v) is 4.15. The fraction of sp³-hybridized carbons (Fsp3) is 0.167. The molecule has 1 fully saturated rings. The van der Waals surface area contributed by atoms with Crippen LogP contribution in [-0.4, -0.2) is 46.9 Å². The maximum atomic E-state index is 13.6. The van der Waals surface area contributed by atoms with Gasteiger partial charge < -0.3 is 15.7 Å². The number of nitrogens with zero attached hydrogens (tertiary/aromatic N) is 1. The van der Waals surface area contributed by atoms with E-state index in [1.54, 1.807) is 0 Å². The molecule has 0 saturated carbocycles. The normalized spacial score (nSPS) is 14.0. The van der Waals surface area contributed by atoms with Crippen molar-refractivity contribution in [3.63, 3.8) is 0 Å². The standard InChI is InChI=1S/C12H10FN3O5/c13-7-3-1-2-6(11(19)20)10(7)15-8(17)5-16-9(18)4-14-12(16)21/h1-3H,4-5H2,(H,14,21)(H,15,17)(H,19,20). The Kier molecular flexibility index (Phi) is 3.83. The minimum Gasteiger partial charge on any atom is -0.478 e. The van der Waals surface area contributed by atoms with Gasteiger partial charge >= 0.3 is 12.0 Å². The van der Waals surface area contributed by atoms with Crippen LogP contribution < -0.4 is 10.6 Å². The Morgan fingerprint density at radius 3 is 2.67 bits per heavy atom. The zero-order valence-electron chi connectivity index (χ0n) is 10.6. The number of anilines is 1. The second-order valence-electron chi connectivity index (χ2n) is 4.15. The van der Waals surface area contributed by atoms with Crippen LogP contribution in [0.5, 0.6) is 0 Å². The molecule has 3 N–H and O–H groups in total. The maximum absolute atomic E-state index is 13.6. The lowest BCUT2D eigenvalue weighted by atomic mass is 10.1. The van der Waals surface area contributed by atoms with Gasteiger partial charge in [0.15, 0.2) is 0 Å². The summed E-state index contributed by atoms with van der Waals surface area (Å²) < 4.78 is 13.6. The van der Waals surface area contributed by atoms with Gasteiger partial charge in [-0.1, -0.05) is 6.07 Å². The van der Waals surface area contributed by atoms with Gasteiger partial charge in [0, 0.05) is 0 Å². The molecule has 0 atom stereocenters. The molecule has 1 heterocycles. The van der Waals surface area contributed by atoms with Crippen molar-refractivity contribution in [1.29, 1.82) is 0 Å². The number of aromatic carboxylic acids is 1. The summed E-state index contributed by atoms with van der Waals surface area (Å²) in [6.45, 7) is -0.843. The van der Waals surface area contributed by atoms with Gasteiger partial charge in [-0.15, -0.1) is 0 Å². The SMILES string of the molecule is O=C(CN1C(=O)CNC1=O)Nc1c(F)cccc1C(=O)O. The Labute approximate surface area is 117 Å². The van der Waals surface area contributed by atoms with E-state index in [-0.39, 0.29) is 6.54 Å². The molecule has 1 aliphatic heterocycles. The van der Waals surface area contributed by atoms with Crippen LogP contribution in [0.2, 0.25) is 0 Å². The molecule has 0 unspecified atom stereocenters. The molecule has 0 radical (unpaired) electrons. The summed E-state index contributed by atoms with van der Waals surface area (Å²) in [5.41, 5.74) is -0.942. The number of carboxylic acid groups (broad SMARTS) is 1. The van der Waals surface area contributed by atoms with Crippen molar-refractivity contribution in [2.75, 3.05) is 18.4 Å². The summed E-state index contributed by atoms with van der Waals surface area (Å²) >= 11 is 0. The molecule has 0 bridgehead atoms. The number of halogens is 1. The first-order valence-corrected chi connectivity index (χ1v) is 5.80. The van der Waals surface area contributed by atoms with Crippen molar-refractivity contribution in [2.45, 2.75) is 0 Å². The fourth-order valence-corrected chi connectivity index (χ4v) is 1.77. The molecule has 1 aromatic rings. The molecular weight excluding hydrogens is 285 g/mol. The van der Waals surface area contributed by atoms with Gasteiger partial charge in [-0.25, -0.2) is 14.0 Å². The molecule has 0 spiro atoms. The molecule has 4 amide bonds. The largest absolute Gasteiger partial charge is 0.478 e. The monoisotopic (exact) mass is 295 g/mol. The summed E-state index contributed by atoms with van der Waals surface area (Å²) in [5.74, 6) is -3.82. The number of urea groups is 1. The van der Waals surface area contributed by atoms with Crippen LogP contribution in [0, 0.1) is 5.82 Å². The van der Waals surface area contributed by atoms with E-state index in [9.17, 15) is 23.6 Å². The fourth-order valence-electron chi connectivity index (χ4n) is 1.77. The average Bonchev–Trinajstić information content (AvgIpc) is 2.72. The Morgan fingerprint density at radius 2 is 2.10 bits per heavy atom. The second kappa shape index (κ2) is 5.57. The summed E-state index contributed by atoms with van der Waals surface area (Å²) in [6, 6.07) is 2.55. The Balaban J connectivity index is 2.15. The molecule has 8 nitrogen and oxygen atoms in total. The van der Waals surface area contributed by atoms with E-state index in [0.29, 0.717) is 4.90 Å². The number of nitrogens with one attached hydrogen (secondary N) is 2.